The van der Waals surface area contributed by atoms with E-state index in [1.165, 1.54) is 71.6 Å². The van der Waals surface area contributed by atoms with Gasteiger partial charge < -0.3 is 15.3 Å². The van der Waals surface area contributed by atoms with Crippen LogP contribution in [0.2, 0.25) is 0 Å². The zero-order chi connectivity index (χ0) is 23.9. The molecule has 0 saturated carbocycles. The van der Waals surface area contributed by atoms with Crippen molar-refractivity contribution >= 4 is 17.9 Å². The van der Waals surface area contributed by atoms with E-state index < -0.39 is 17.9 Å². The van der Waals surface area contributed by atoms with E-state index in [4.69, 9.17) is 15.3 Å². The second-order valence-electron chi connectivity index (χ2n) is 7.33. The molecule has 0 aromatic heterocycles. The molecule has 0 amide bonds. The van der Waals surface area contributed by atoms with Crippen molar-refractivity contribution in [3.8, 4) is 0 Å². The van der Waals surface area contributed by atoms with Crippen LogP contribution in [0.3, 0.4) is 0 Å². The Labute approximate surface area is 182 Å². The molecule has 0 fully saturated rings. The van der Waals surface area contributed by atoms with Crippen LogP contribution in [0.15, 0.2) is 36.0 Å². The zero-order valence-corrected chi connectivity index (χ0v) is 19.3. The molecular formula is C24H42O6. The van der Waals surface area contributed by atoms with Crippen LogP contribution in [0, 0.1) is 0 Å². The van der Waals surface area contributed by atoms with Crippen LogP contribution in [0.1, 0.15) is 98.3 Å². The van der Waals surface area contributed by atoms with Gasteiger partial charge in [-0.2, -0.15) is 0 Å². The molecule has 0 heterocycles. The lowest BCUT2D eigenvalue weighted by Crippen LogP contribution is -1.95. The number of aliphatic carboxylic acids is 3. The summed E-state index contributed by atoms with van der Waals surface area (Å²) in [6.45, 7) is 13.1. The molecule has 0 aliphatic rings. The summed E-state index contributed by atoms with van der Waals surface area (Å²) in [6.07, 6.45) is 16.0. The van der Waals surface area contributed by atoms with Crippen LogP contribution in [0.25, 0.3) is 0 Å². The van der Waals surface area contributed by atoms with E-state index >= 15 is 0 Å². The Morgan fingerprint density at radius 1 is 0.633 bits per heavy atom. The first-order chi connectivity index (χ1) is 14.0. The molecule has 6 nitrogen and oxygen atoms in total. The maximum atomic E-state index is 10.5. The van der Waals surface area contributed by atoms with Gasteiger partial charge in [-0.05, 0) is 33.6 Å². The fourth-order valence-corrected chi connectivity index (χ4v) is 2.04. The minimum atomic E-state index is -0.935. The molecule has 0 aromatic rings. The molecule has 3 N–H and O–H groups in total. The van der Waals surface area contributed by atoms with Gasteiger partial charge in [0.1, 0.15) is 0 Å². The van der Waals surface area contributed by atoms with Crippen LogP contribution in [0.5, 0.6) is 0 Å². The van der Waals surface area contributed by atoms with E-state index in [1.807, 2.05) is 6.08 Å². The number of unbranched alkanes of at least 4 members (excludes halogenated alkanes) is 10. The predicted octanol–water partition coefficient (Wildman–Crippen LogP) is 6.62. The maximum absolute atomic E-state index is 10.5. The second kappa shape index (κ2) is 22.9. The van der Waals surface area contributed by atoms with Crippen molar-refractivity contribution in [3.05, 3.63) is 36.0 Å². The summed E-state index contributed by atoms with van der Waals surface area (Å²) in [5.74, 6) is -2.66. The number of carboxylic acids is 3. The third-order valence-corrected chi connectivity index (χ3v) is 4.08. The number of hydrogen-bond acceptors (Lipinski definition) is 3. The minimum Gasteiger partial charge on any atom is -0.478 e. The van der Waals surface area contributed by atoms with E-state index in [1.54, 1.807) is 6.92 Å². The van der Waals surface area contributed by atoms with Gasteiger partial charge in [0.15, 0.2) is 0 Å². The third kappa shape index (κ3) is 30.4. The van der Waals surface area contributed by atoms with Crippen LogP contribution < -0.4 is 0 Å². The van der Waals surface area contributed by atoms with Crippen molar-refractivity contribution < 1.29 is 29.7 Å². The molecule has 0 aliphatic carbocycles. The molecule has 0 bridgehead atoms. The maximum Gasteiger partial charge on any atom is 0.330 e. The zero-order valence-electron chi connectivity index (χ0n) is 19.3. The third-order valence-electron chi connectivity index (χ3n) is 4.08. The molecule has 0 saturated heterocycles. The lowest BCUT2D eigenvalue weighted by atomic mass is 10.1. The molecule has 0 aromatic carbocycles. The molecule has 0 aliphatic heterocycles. The van der Waals surface area contributed by atoms with Gasteiger partial charge in [-0.1, -0.05) is 83.9 Å². The Hall–Kier alpha value is -2.37. The summed E-state index contributed by atoms with van der Waals surface area (Å²) < 4.78 is 0. The van der Waals surface area contributed by atoms with E-state index in [2.05, 4.69) is 20.1 Å². The molecule has 0 unspecified atom stereocenters. The quantitative estimate of drug-likeness (QED) is 0.212. The summed E-state index contributed by atoms with van der Waals surface area (Å²) in [6, 6.07) is 0. The van der Waals surface area contributed by atoms with Crippen LogP contribution in [0.4, 0.5) is 0 Å². The lowest BCUT2D eigenvalue weighted by Gasteiger charge is -2.01. The summed E-state index contributed by atoms with van der Waals surface area (Å²) >= 11 is 0. The van der Waals surface area contributed by atoms with E-state index in [0.717, 1.165) is 12.8 Å². The summed E-state index contributed by atoms with van der Waals surface area (Å²) in [4.78, 5) is 29.7. The highest BCUT2D eigenvalue weighted by Crippen LogP contribution is 2.11. The van der Waals surface area contributed by atoms with E-state index in [-0.39, 0.29) is 11.1 Å². The number of allylic oxidation sites excluding steroid dienone is 1. The highest BCUT2D eigenvalue weighted by atomic mass is 16.4. The average Bonchev–Trinajstić information content (AvgIpc) is 2.66. The number of rotatable bonds is 14. The largest absolute Gasteiger partial charge is 0.478 e. The second-order valence-corrected chi connectivity index (χ2v) is 7.33. The highest BCUT2D eigenvalue weighted by Gasteiger charge is 1.98. The summed E-state index contributed by atoms with van der Waals surface area (Å²) in [5.41, 5.74) is 0.830. The highest BCUT2D eigenvalue weighted by molar-refractivity contribution is 5.85. The van der Waals surface area contributed by atoms with Crippen molar-refractivity contribution in [3.63, 3.8) is 0 Å². The Morgan fingerprint density at radius 2 is 0.933 bits per heavy atom. The Morgan fingerprint density at radius 3 is 1.20 bits per heavy atom. The standard InChI is InChI=1S/C16H30O2.2C4H6O2/c1-3-4-5-6-7-8-9-10-11-12-13-14-15(2)16(17)18;2*1-3(2)4(5)6/h14H,3-13H2,1-2H3,(H,17,18);2*1H2,2H3,(H,5,6). The Bertz CT molecular complexity index is 498. The number of hydrogen-bond donors (Lipinski definition) is 3. The molecule has 0 rings (SSSR count). The van der Waals surface area contributed by atoms with Crippen molar-refractivity contribution in [2.45, 2.75) is 98.3 Å². The fraction of sp³-hybridized carbons (Fsp3) is 0.625. The summed E-state index contributed by atoms with van der Waals surface area (Å²) in [5, 5.41) is 24.5. The molecule has 0 radical (unpaired) electrons. The minimum absolute atomic E-state index is 0.176. The fourth-order valence-electron chi connectivity index (χ4n) is 2.04. The Kier molecular flexibility index (Phi) is 24.7. The number of carboxylic acid groups (broad SMARTS) is 3. The first kappa shape index (κ1) is 32.3. The predicted molar refractivity (Wildman–Crippen MR) is 123 cm³/mol. The Balaban J connectivity index is -0.000000495. The van der Waals surface area contributed by atoms with Gasteiger partial charge in [0.05, 0.1) is 0 Å². The van der Waals surface area contributed by atoms with Crippen molar-refractivity contribution in [2.24, 2.45) is 0 Å². The normalized spacial score (nSPS) is 10.1. The topological polar surface area (TPSA) is 112 Å². The first-order valence-corrected chi connectivity index (χ1v) is 10.6. The molecule has 174 valence electrons. The van der Waals surface area contributed by atoms with Gasteiger partial charge in [-0.3, -0.25) is 0 Å². The lowest BCUT2D eigenvalue weighted by molar-refractivity contribution is -0.133. The van der Waals surface area contributed by atoms with Crippen LogP contribution in [-0.2, 0) is 14.4 Å². The van der Waals surface area contributed by atoms with Gasteiger partial charge in [0, 0.05) is 16.7 Å². The van der Waals surface area contributed by atoms with Gasteiger partial charge >= 0.3 is 17.9 Å². The monoisotopic (exact) mass is 426 g/mol. The van der Waals surface area contributed by atoms with Crippen molar-refractivity contribution in [1.29, 1.82) is 0 Å². The smallest absolute Gasteiger partial charge is 0.330 e. The number of carbonyl (C=O) groups is 3. The summed E-state index contributed by atoms with van der Waals surface area (Å²) in [7, 11) is 0. The molecular weight excluding hydrogens is 384 g/mol. The van der Waals surface area contributed by atoms with E-state index in [9.17, 15) is 14.4 Å². The van der Waals surface area contributed by atoms with Crippen molar-refractivity contribution in [2.75, 3.05) is 0 Å². The van der Waals surface area contributed by atoms with E-state index in [0.29, 0.717) is 5.57 Å². The first-order valence-electron chi connectivity index (χ1n) is 10.6. The SMILES string of the molecule is C=C(C)C(=O)O.C=C(C)C(=O)O.CCCCCCCCCCCCC=C(C)C(=O)O. The van der Waals surface area contributed by atoms with Gasteiger partial charge in [-0.25, -0.2) is 14.4 Å². The molecule has 0 atom stereocenters. The molecule has 6 heteroatoms. The molecule has 0 spiro atoms. The van der Waals surface area contributed by atoms with Gasteiger partial charge in [-0.15, -0.1) is 0 Å². The average molecular weight is 427 g/mol. The van der Waals surface area contributed by atoms with Gasteiger partial charge in [0.25, 0.3) is 0 Å². The van der Waals surface area contributed by atoms with Crippen LogP contribution >= 0.6 is 0 Å². The molecule has 30 heavy (non-hydrogen) atoms. The van der Waals surface area contributed by atoms with Crippen molar-refractivity contribution in [1.82, 2.24) is 0 Å². The van der Waals surface area contributed by atoms with Crippen LogP contribution in [-0.4, -0.2) is 33.2 Å². The van der Waals surface area contributed by atoms with Gasteiger partial charge in [0.2, 0.25) is 0 Å².